The van der Waals surface area contributed by atoms with Crippen LogP contribution in [-0.2, 0) is 11.8 Å². The minimum absolute atomic E-state index is 0.0905. The highest BCUT2D eigenvalue weighted by molar-refractivity contribution is 7.99. The first-order valence-corrected chi connectivity index (χ1v) is 10.0. The van der Waals surface area contributed by atoms with Crippen molar-refractivity contribution < 1.29 is 4.79 Å². The average molecular weight is 374 g/mol. The first kappa shape index (κ1) is 17.8. The maximum Gasteiger partial charge on any atom is 0.279 e. The van der Waals surface area contributed by atoms with Crippen LogP contribution in [0.4, 0.5) is 5.82 Å². The summed E-state index contributed by atoms with van der Waals surface area (Å²) in [7, 11) is 1.82. The molecule has 1 aliphatic rings. The number of carbonyl (C=O) groups is 1. The van der Waals surface area contributed by atoms with Crippen LogP contribution in [-0.4, -0.2) is 27.5 Å². The predicted molar refractivity (Wildman–Crippen MR) is 104 cm³/mol. The molecule has 1 aliphatic heterocycles. The van der Waals surface area contributed by atoms with Gasteiger partial charge < -0.3 is 9.88 Å². The van der Waals surface area contributed by atoms with Crippen molar-refractivity contribution >= 4 is 35.2 Å². The number of amides is 1. The number of benzene rings is 1. The topological polar surface area (TPSA) is 64.0 Å². The SMILES string of the molecule is C=CCSc1nc(=O)c2c(n1C)NC(=O)CC2c1ccc(SC)cc1. The predicted octanol–water partition coefficient (Wildman–Crippen LogP) is 3.25. The molecule has 2 aromatic rings. The van der Waals surface area contributed by atoms with Crippen molar-refractivity contribution in [3.8, 4) is 0 Å². The molecule has 0 saturated carbocycles. The lowest BCUT2D eigenvalue weighted by atomic mass is 9.87. The van der Waals surface area contributed by atoms with Gasteiger partial charge in [0.05, 0.1) is 5.56 Å². The Hall–Kier alpha value is -1.99. The van der Waals surface area contributed by atoms with E-state index in [2.05, 4.69) is 16.9 Å². The zero-order valence-corrected chi connectivity index (χ0v) is 15.7. The Morgan fingerprint density at radius 3 is 2.72 bits per heavy atom. The van der Waals surface area contributed by atoms with E-state index in [-0.39, 0.29) is 23.8 Å². The number of aromatic nitrogens is 2. The molecule has 0 radical (unpaired) electrons. The van der Waals surface area contributed by atoms with Crippen molar-refractivity contribution in [3.05, 3.63) is 58.4 Å². The molecule has 0 saturated heterocycles. The molecule has 1 N–H and O–H groups in total. The van der Waals surface area contributed by atoms with Gasteiger partial charge in [0.15, 0.2) is 5.16 Å². The lowest BCUT2D eigenvalue weighted by molar-refractivity contribution is -0.116. The molecule has 25 heavy (non-hydrogen) atoms. The number of fused-ring (bicyclic) bond motifs is 1. The molecule has 130 valence electrons. The van der Waals surface area contributed by atoms with Gasteiger partial charge in [-0.25, -0.2) is 0 Å². The Labute approximate surface area is 154 Å². The summed E-state index contributed by atoms with van der Waals surface area (Å²) in [5.41, 5.74) is 1.24. The third-order valence-electron chi connectivity index (χ3n) is 4.15. The molecular formula is C18H19N3O2S2. The van der Waals surface area contributed by atoms with Crippen LogP contribution >= 0.6 is 23.5 Å². The van der Waals surface area contributed by atoms with Crippen LogP contribution in [0.2, 0.25) is 0 Å². The van der Waals surface area contributed by atoms with E-state index in [1.807, 2.05) is 37.6 Å². The number of nitrogens with one attached hydrogen (secondary N) is 1. The van der Waals surface area contributed by atoms with E-state index in [0.29, 0.717) is 22.3 Å². The number of hydrogen-bond donors (Lipinski definition) is 1. The van der Waals surface area contributed by atoms with Gasteiger partial charge in [0, 0.05) is 30.0 Å². The lowest BCUT2D eigenvalue weighted by Gasteiger charge is -2.27. The van der Waals surface area contributed by atoms with Crippen LogP contribution in [0.1, 0.15) is 23.5 Å². The van der Waals surface area contributed by atoms with Crippen molar-refractivity contribution in [3.63, 3.8) is 0 Å². The number of hydrogen-bond acceptors (Lipinski definition) is 5. The van der Waals surface area contributed by atoms with Crippen LogP contribution in [0.15, 0.2) is 51.8 Å². The summed E-state index contributed by atoms with van der Waals surface area (Å²) >= 11 is 3.07. The van der Waals surface area contributed by atoms with Crippen molar-refractivity contribution in [1.29, 1.82) is 0 Å². The van der Waals surface area contributed by atoms with E-state index in [1.165, 1.54) is 11.8 Å². The molecule has 2 heterocycles. The van der Waals surface area contributed by atoms with Crippen LogP contribution in [0.3, 0.4) is 0 Å². The van der Waals surface area contributed by atoms with Gasteiger partial charge in [0.25, 0.3) is 5.56 Å². The van der Waals surface area contributed by atoms with Crippen molar-refractivity contribution in [2.24, 2.45) is 7.05 Å². The number of thioether (sulfide) groups is 2. The van der Waals surface area contributed by atoms with Gasteiger partial charge in [-0.3, -0.25) is 9.59 Å². The quantitative estimate of drug-likeness (QED) is 0.495. The molecule has 1 amide bonds. The van der Waals surface area contributed by atoms with E-state index >= 15 is 0 Å². The largest absolute Gasteiger partial charge is 0.312 e. The molecule has 1 aromatic carbocycles. The molecule has 1 atom stereocenters. The summed E-state index contributed by atoms with van der Waals surface area (Å²) in [5.74, 6) is 0.824. The van der Waals surface area contributed by atoms with E-state index in [1.54, 1.807) is 22.4 Å². The third kappa shape index (κ3) is 3.52. The molecule has 0 spiro atoms. The summed E-state index contributed by atoms with van der Waals surface area (Å²) in [5, 5.41) is 3.42. The maximum absolute atomic E-state index is 12.7. The van der Waals surface area contributed by atoms with Crippen LogP contribution in [0, 0.1) is 0 Å². The van der Waals surface area contributed by atoms with Gasteiger partial charge in [0.2, 0.25) is 5.91 Å². The molecule has 3 rings (SSSR count). The Morgan fingerprint density at radius 2 is 2.08 bits per heavy atom. The van der Waals surface area contributed by atoms with Gasteiger partial charge in [-0.2, -0.15) is 4.98 Å². The fourth-order valence-electron chi connectivity index (χ4n) is 2.92. The van der Waals surface area contributed by atoms with Crippen molar-refractivity contribution in [2.75, 3.05) is 17.3 Å². The first-order valence-electron chi connectivity index (χ1n) is 7.83. The molecule has 1 aromatic heterocycles. The molecule has 7 heteroatoms. The molecule has 0 fully saturated rings. The fraction of sp³-hybridized carbons (Fsp3) is 0.278. The zero-order chi connectivity index (χ0) is 18.0. The van der Waals surface area contributed by atoms with Crippen molar-refractivity contribution in [2.45, 2.75) is 22.4 Å². The minimum Gasteiger partial charge on any atom is -0.312 e. The van der Waals surface area contributed by atoms with E-state index < -0.39 is 0 Å². The smallest absolute Gasteiger partial charge is 0.279 e. The zero-order valence-electron chi connectivity index (χ0n) is 14.1. The standard InChI is InChI=1S/C18H19N3O2S2/c1-4-9-25-18-20-17(23)15-13(10-14(22)19-16(15)21(18)2)11-5-7-12(24-3)8-6-11/h4-8,13H,1,9-10H2,2-3H3,(H,19,22). The first-order chi connectivity index (χ1) is 12.0. The number of nitrogens with zero attached hydrogens (tertiary/aromatic N) is 2. The monoisotopic (exact) mass is 373 g/mol. The Bertz CT molecular complexity index is 875. The maximum atomic E-state index is 12.7. The molecule has 1 unspecified atom stereocenters. The van der Waals surface area contributed by atoms with E-state index in [0.717, 1.165) is 10.5 Å². The normalized spacial score (nSPS) is 16.2. The molecule has 5 nitrogen and oxygen atoms in total. The average Bonchev–Trinajstić information content (AvgIpc) is 2.62. The summed E-state index contributed by atoms with van der Waals surface area (Å²) in [6, 6.07) is 7.99. The van der Waals surface area contributed by atoms with Gasteiger partial charge in [-0.05, 0) is 24.0 Å². The second kappa shape index (κ2) is 7.49. The Morgan fingerprint density at radius 1 is 1.36 bits per heavy atom. The van der Waals surface area contributed by atoms with Gasteiger partial charge in [-0.15, -0.1) is 18.3 Å². The molecular weight excluding hydrogens is 354 g/mol. The van der Waals surface area contributed by atoms with Gasteiger partial charge in [0.1, 0.15) is 5.82 Å². The van der Waals surface area contributed by atoms with Crippen LogP contribution < -0.4 is 10.9 Å². The summed E-state index contributed by atoms with van der Waals surface area (Å²) in [6.07, 6.45) is 4.02. The van der Waals surface area contributed by atoms with E-state index in [9.17, 15) is 9.59 Å². The minimum atomic E-state index is -0.279. The lowest BCUT2D eigenvalue weighted by Crippen LogP contribution is -2.33. The number of carbonyl (C=O) groups excluding carboxylic acids is 1. The number of anilines is 1. The van der Waals surface area contributed by atoms with Gasteiger partial charge >= 0.3 is 0 Å². The highest BCUT2D eigenvalue weighted by atomic mass is 32.2. The third-order valence-corrected chi connectivity index (χ3v) is 5.92. The highest BCUT2D eigenvalue weighted by Gasteiger charge is 2.31. The second-order valence-electron chi connectivity index (χ2n) is 5.70. The van der Waals surface area contributed by atoms with Crippen LogP contribution in [0.25, 0.3) is 0 Å². The summed E-state index contributed by atoms with van der Waals surface area (Å²) < 4.78 is 1.78. The summed E-state index contributed by atoms with van der Waals surface area (Å²) in [6.45, 7) is 3.69. The van der Waals surface area contributed by atoms with Crippen molar-refractivity contribution in [1.82, 2.24) is 9.55 Å². The molecule has 0 bridgehead atoms. The van der Waals surface area contributed by atoms with E-state index in [4.69, 9.17) is 0 Å². The Kier molecular flexibility index (Phi) is 5.34. The fourth-order valence-corrected chi connectivity index (χ4v) is 4.03. The second-order valence-corrected chi connectivity index (χ2v) is 7.57. The highest BCUT2D eigenvalue weighted by Crippen LogP contribution is 2.36. The Balaban J connectivity index is 2.10. The molecule has 0 aliphatic carbocycles. The van der Waals surface area contributed by atoms with Crippen LogP contribution in [0.5, 0.6) is 0 Å². The van der Waals surface area contributed by atoms with Gasteiger partial charge in [-0.1, -0.05) is 30.0 Å². The number of rotatable bonds is 5. The summed E-state index contributed by atoms with van der Waals surface area (Å²) in [4.78, 5) is 30.3.